The summed E-state index contributed by atoms with van der Waals surface area (Å²) in [7, 11) is 0. The van der Waals surface area contributed by atoms with Gasteiger partial charge < -0.3 is 14.8 Å². The number of benzene rings is 3. The van der Waals surface area contributed by atoms with Crippen LogP contribution in [0, 0.1) is 12.7 Å². The predicted molar refractivity (Wildman–Crippen MR) is 108 cm³/mol. The number of aryl methyl sites for hydroxylation is 1. The van der Waals surface area contributed by atoms with E-state index in [1.54, 1.807) is 12.1 Å². The van der Waals surface area contributed by atoms with E-state index in [2.05, 4.69) is 10.3 Å². The minimum Gasteiger partial charge on any atom is -0.436 e. The molecule has 0 fully saturated rings. The SMILES string of the molecule is Cc1c(-c2ccccc2F)ccc2nc(-c3cccc(CNCCO)c3)oc12. The largest absolute Gasteiger partial charge is 0.436 e. The molecule has 0 aliphatic carbocycles. The second-order valence-corrected chi connectivity index (χ2v) is 6.69. The van der Waals surface area contributed by atoms with Crippen molar-refractivity contribution in [2.75, 3.05) is 13.2 Å². The molecule has 0 unspecified atom stereocenters. The smallest absolute Gasteiger partial charge is 0.227 e. The Morgan fingerprint density at radius 2 is 1.89 bits per heavy atom. The van der Waals surface area contributed by atoms with Crippen LogP contribution >= 0.6 is 0 Å². The van der Waals surface area contributed by atoms with Gasteiger partial charge in [0, 0.05) is 29.8 Å². The Morgan fingerprint density at radius 3 is 2.71 bits per heavy atom. The predicted octanol–water partition coefficient (Wildman–Crippen LogP) is 4.69. The Bertz CT molecular complexity index is 1120. The Morgan fingerprint density at radius 1 is 1.04 bits per heavy atom. The fourth-order valence-corrected chi connectivity index (χ4v) is 3.34. The zero-order valence-corrected chi connectivity index (χ0v) is 15.6. The summed E-state index contributed by atoms with van der Waals surface area (Å²) in [5.74, 6) is 0.278. The van der Waals surface area contributed by atoms with Gasteiger partial charge in [-0.1, -0.05) is 36.4 Å². The second-order valence-electron chi connectivity index (χ2n) is 6.69. The van der Waals surface area contributed by atoms with Crippen molar-refractivity contribution in [3.63, 3.8) is 0 Å². The number of aromatic nitrogens is 1. The van der Waals surface area contributed by atoms with Gasteiger partial charge in [0.25, 0.3) is 0 Å². The number of oxazole rings is 1. The van der Waals surface area contributed by atoms with Crippen LogP contribution in [0.2, 0.25) is 0 Å². The average molecular weight is 376 g/mol. The first kappa shape index (κ1) is 18.3. The molecule has 4 rings (SSSR count). The van der Waals surface area contributed by atoms with Gasteiger partial charge >= 0.3 is 0 Å². The summed E-state index contributed by atoms with van der Waals surface area (Å²) in [4.78, 5) is 4.62. The van der Waals surface area contributed by atoms with Gasteiger partial charge in [0.15, 0.2) is 5.58 Å². The number of aliphatic hydroxyl groups is 1. The molecule has 0 saturated heterocycles. The lowest BCUT2D eigenvalue weighted by Gasteiger charge is -2.07. The summed E-state index contributed by atoms with van der Waals surface area (Å²) in [6, 6.07) is 18.4. The number of halogens is 1. The first-order valence-electron chi connectivity index (χ1n) is 9.23. The van der Waals surface area contributed by atoms with Crippen molar-refractivity contribution in [2.45, 2.75) is 13.5 Å². The summed E-state index contributed by atoms with van der Waals surface area (Å²) < 4.78 is 20.3. The maximum atomic E-state index is 14.2. The van der Waals surface area contributed by atoms with E-state index in [0.29, 0.717) is 30.1 Å². The third-order valence-electron chi connectivity index (χ3n) is 4.76. The van der Waals surface area contributed by atoms with Gasteiger partial charge in [0.1, 0.15) is 11.3 Å². The van der Waals surface area contributed by atoms with Crippen molar-refractivity contribution < 1.29 is 13.9 Å². The van der Waals surface area contributed by atoms with Crippen LogP contribution in [0.3, 0.4) is 0 Å². The standard InChI is InChI=1S/C23H21FN2O2/c1-15-18(19-7-2-3-8-20(19)24)9-10-21-22(15)28-23(26-21)17-6-4-5-16(13-17)14-25-11-12-27/h2-10,13,25,27H,11-12,14H2,1H3. The molecule has 4 aromatic rings. The lowest BCUT2D eigenvalue weighted by molar-refractivity contribution is 0.292. The lowest BCUT2D eigenvalue weighted by atomic mass is 9.99. The second kappa shape index (κ2) is 7.92. The van der Waals surface area contributed by atoms with E-state index >= 15 is 0 Å². The molecular weight excluding hydrogens is 355 g/mol. The minimum atomic E-state index is -0.257. The quantitative estimate of drug-likeness (QED) is 0.479. The molecule has 0 saturated carbocycles. The number of fused-ring (bicyclic) bond motifs is 1. The summed E-state index contributed by atoms with van der Waals surface area (Å²) in [6.45, 7) is 3.24. The molecule has 0 atom stereocenters. The number of hydrogen-bond donors (Lipinski definition) is 2. The summed E-state index contributed by atoms with van der Waals surface area (Å²) >= 11 is 0. The first-order chi connectivity index (χ1) is 13.7. The summed E-state index contributed by atoms with van der Waals surface area (Å²) in [5, 5.41) is 12.1. The highest BCUT2D eigenvalue weighted by Crippen LogP contribution is 2.33. The van der Waals surface area contributed by atoms with Crippen LogP contribution in [0.25, 0.3) is 33.7 Å². The van der Waals surface area contributed by atoms with Gasteiger partial charge in [-0.15, -0.1) is 0 Å². The van der Waals surface area contributed by atoms with Crippen molar-refractivity contribution in [3.05, 3.63) is 77.6 Å². The fourth-order valence-electron chi connectivity index (χ4n) is 3.34. The van der Waals surface area contributed by atoms with Crippen molar-refractivity contribution >= 4 is 11.1 Å². The molecule has 0 aliphatic rings. The van der Waals surface area contributed by atoms with Crippen LogP contribution in [-0.2, 0) is 6.54 Å². The molecule has 28 heavy (non-hydrogen) atoms. The van der Waals surface area contributed by atoms with Gasteiger partial charge in [0.05, 0.1) is 6.61 Å². The maximum Gasteiger partial charge on any atom is 0.227 e. The molecule has 0 aliphatic heterocycles. The van der Waals surface area contributed by atoms with E-state index in [1.165, 1.54) is 6.07 Å². The Kier molecular flexibility index (Phi) is 5.19. The van der Waals surface area contributed by atoms with Crippen LogP contribution in [0.15, 0.2) is 65.1 Å². The monoisotopic (exact) mass is 376 g/mol. The zero-order valence-electron chi connectivity index (χ0n) is 15.6. The van der Waals surface area contributed by atoms with E-state index in [9.17, 15) is 4.39 Å². The highest BCUT2D eigenvalue weighted by molar-refractivity contribution is 5.86. The maximum absolute atomic E-state index is 14.2. The first-order valence-corrected chi connectivity index (χ1v) is 9.23. The van der Waals surface area contributed by atoms with E-state index in [4.69, 9.17) is 9.52 Å². The minimum absolute atomic E-state index is 0.106. The lowest BCUT2D eigenvalue weighted by Crippen LogP contribution is -2.17. The normalized spacial score (nSPS) is 11.2. The van der Waals surface area contributed by atoms with E-state index in [1.807, 2.05) is 49.4 Å². The Balaban J connectivity index is 1.72. The van der Waals surface area contributed by atoms with E-state index in [0.717, 1.165) is 27.8 Å². The number of hydrogen-bond acceptors (Lipinski definition) is 4. The third-order valence-corrected chi connectivity index (χ3v) is 4.76. The van der Waals surface area contributed by atoms with Crippen molar-refractivity contribution in [3.8, 4) is 22.6 Å². The van der Waals surface area contributed by atoms with Crippen molar-refractivity contribution in [1.29, 1.82) is 0 Å². The van der Waals surface area contributed by atoms with Gasteiger partial charge in [-0.2, -0.15) is 0 Å². The highest BCUT2D eigenvalue weighted by atomic mass is 19.1. The Hall–Kier alpha value is -3.02. The van der Waals surface area contributed by atoms with Crippen LogP contribution < -0.4 is 5.32 Å². The van der Waals surface area contributed by atoms with Crippen LogP contribution in [0.5, 0.6) is 0 Å². The molecule has 3 aromatic carbocycles. The van der Waals surface area contributed by atoms with Crippen LogP contribution in [0.1, 0.15) is 11.1 Å². The Labute approximate surface area is 162 Å². The molecule has 0 spiro atoms. The van der Waals surface area contributed by atoms with Crippen molar-refractivity contribution in [2.24, 2.45) is 0 Å². The van der Waals surface area contributed by atoms with E-state index < -0.39 is 0 Å². The molecule has 142 valence electrons. The topological polar surface area (TPSA) is 58.3 Å². The number of aliphatic hydroxyl groups excluding tert-OH is 1. The molecule has 2 N–H and O–H groups in total. The average Bonchev–Trinajstić information content (AvgIpc) is 3.15. The van der Waals surface area contributed by atoms with Crippen LogP contribution in [-0.4, -0.2) is 23.2 Å². The van der Waals surface area contributed by atoms with Gasteiger partial charge in [-0.3, -0.25) is 0 Å². The zero-order chi connectivity index (χ0) is 19.5. The molecule has 4 nitrogen and oxygen atoms in total. The number of nitrogens with zero attached hydrogens (tertiary/aromatic N) is 1. The number of nitrogens with one attached hydrogen (secondary N) is 1. The summed E-state index contributed by atoms with van der Waals surface area (Å²) in [6.07, 6.45) is 0. The molecular formula is C23H21FN2O2. The fraction of sp³-hybridized carbons (Fsp3) is 0.174. The molecule has 5 heteroatoms. The van der Waals surface area contributed by atoms with Crippen LogP contribution in [0.4, 0.5) is 4.39 Å². The van der Waals surface area contributed by atoms with E-state index in [-0.39, 0.29) is 12.4 Å². The number of rotatable bonds is 6. The van der Waals surface area contributed by atoms with Gasteiger partial charge in [-0.05, 0) is 42.3 Å². The van der Waals surface area contributed by atoms with Gasteiger partial charge in [0.2, 0.25) is 5.89 Å². The van der Waals surface area contributed by atoms with Gasteiger partial charge in [-0.25, -0.2) is 9.37 Å². The summed E-state index contributed by atoms with van der Waals surface area (Å²) in [5.41, 5.74) is 5.59. The highest BCUT2D eigenvalue weighted by Gasteiger charge is 2.15. The van der Waals surface area contributed by atoms with Crippen molar-refractivity contribution in [1.82, 2.24) is 10.3 Å². The molecule has 0 amide bonds. The molecule has 1 heterocycles. The molecule has 0 bridgehead atoms. The molecule has 0 radical (unpaired) electrons. The third kappa shape index (κ3) is 3.54. The molecule has 1 aromatic heterocycles.